The third kappa shape index (κ3) is 5.78. The second-order valence-electron chi connectivity index (χ2n) is 10.8. The van der Waals surface area contributed by atoms with Crippen molar-refractivity contribution in [2.75, 3.05) is 31.1 Å². The number of aromatic nitrogens is 2. The minimum absolute atomic E-state index is 0.0204. The summed E-state index contributed by atoms with van der Waals surface area (Å²) >= 11 is 0. The lowest BCUT2D eigenvalue weighted by Gasteiger charge is -2.33. The fourth-order valence-corrected chi connectivity index (χ4v) is 5.88. The van der Waals surface area contributed by atoms with Crippen LogP contribution in [0.1, 0.15) is 58.2 Å². The van der Waals surface area contributed by atoms with Gasteiger partial charge in [-0.05, 0) is 63.2 Å². The number of anilines is 1. The first kappa shape index (κ1) is 26.7. The van der Waals surface area contributed by atoms with Gasteiger partial charge in [0.15, 0.2) is 5.78 Å². The minimum atomic E-state index is -0.461. The summed E-state index contributed by atoms with van der Waals surface area (Å²) in [6.07, 6.45) is 4.43. The number of nitrogens with zero attached hydrogens (tertiary/aromatic N) is 5. The highest BCUT2D eigenvalue weighted by atomic mass is 16.6. The number of non-ortho nitro benzene ring substituents is 1. The molecule has 2 aliphatic rings. The van der Waals surface area contributed by atoms with Gasteiger partial charge in [-0.25, -0.2) is 0 Å². The van der Waals surface area contributed by atoms with E-state index in [1.54, 1.807) is 4.90 Å². The molecule has 5 rings (SSSR count). The van der Waals surface area contributed by atoms with E-state index in [1.165, 1.54) is 24.3 Å². The van der Waals surface area contributed by atoms with Gasteiger partial charge >= 0.3 is 0 Å². The molecular weight excluding hydrogens is 494 g/mol. The number of ketones is 1. The van der Waals surface area contributed by atoms with Gasteiger partial charge in [0.1, 0.15) is 5.82 Å². The van der Waals surface area contributed by atoms with Crippen molar-refractivity contribution in [2.24, 2.45) is 18.9 Å². The largest absolute Gasteiger partial charge is 0.302 e. The molecule has 39 heavy (non-hydrogen) atoms. The molecule has 2 heterocycles. The van der Waals surface area contributed by atoms with Crippen molar-refractivity contribution in [1.29, 1.82) is 0 Å². The van der Waals surface area contributed by atoms with Crippen LogP contribution >= 0.6 is 0 Å². The molecule has 204 valence electrons. The van der Waals surface area contributed by atoms with Gasteiger partial charge in [-0.1, -0.05) is 37.3 Å². The molecule has 0 saturated carbocycles. The summed E-state index contributed by atoms with van der Waals surface area (Å²) in [6, 6.07) is 15.3. The molecule has 1 fully saturated rings. The fourth-order valence-electron chi connectivity index (χ4n) is 5.88. The average molecular weight is 530 g/mol. The first-order valence-corrected chi connectivity index (χ1v) is 13.7. The summed E-state index contributed by atoms with van der Waals surface area (Å²) in [4.78, 5) is 41.6. The first-order valence-electron chi connectivity index (χ1n) is 13.7. The number of nitro groups is 1. The summed E-state index contributed by atoms with van der Waals surface area (Å²) < 4.78 is 1.82. The SMILES string of the molecule is CC1CCc2nn(C)c(N(CCN3CCC(C(=O)c4ccccc4)CC3)C(=O)c3ccc([N+](=O)[O-])cc3)c2C1. The van der Waals surface area contributed by atoms with Crippen LogP contribution < -0.4 is 4.90 Å². The van der Waals surface area contributed by atoms with Gasteiger partial charge in [0, 0.05) is 54.9 Å². The van der Waals surface area contributed by atoms with Gasteiger partial charge in [-0.15, -0.1) is 0 Å². The molecule has 1 aliphatic heterocycles. The van der Waals surface area contributed by atoms with E-state index in [0.717, 1.165) is 67.8 Å². The van der Waals surface area contributed by atoms with Crippen molar-refractivity contribution in [3.8, 4) is 0 Å². The van der Waals surface area contributed by atoms with E-state index in [-0.39, 0.29) is 23.3 Å². The highest BCUT2D eigenvalue weighted by Gasteiger charge is 2.31. The second kappa shape index (κ2) is 11.5. The van der Waals surface area contributed by atoms with Crippen LogP contribution in [-0.2, 0) is 19.9 Å². The molecule has 1 aliphatic carbocycles. The van der Waals surface area contributed by atoms with Crippen molar-refractivity contribution < 1.29 is 14.5 Å². The Morgan fingerprint density at radius 3 is 2.38 bits per heavy atom. The van der Waals surface area contributed by atoms with Gasteiger partial charge in [0.05, 0.1) is 10.6 Å². The Morgan fingerprint density at radius 1 is 1.03 bits per heavy atom. The first-order chi connectivity index (χ1) is 18.8. The number of amides is 1. The average Bonchev–Trinajstić information content (AvgIpc) is 3.28. The van der Waals surface area contributed by atoms with Gasteiger partial charge in [0.25, 0.3) is 11.6 Å². The number of carbonyl (C=O) groups is 2. The van der Waals surface area contributed by atoms with Crippen molar-refractivity contribution in [3.63, 3.8) is 0 Å². The summed E-state index contributed by atoms with van der Waals surface area (Å²) in [6.45, 7) is 4.95. The molecule has 0 bridgehead atoms. The Hall–Kier alpha value is -3.85. The van der Waals surface area contributed by atoms with Crippen molar-refractivity contribution in [1.82, 2.24) is 14.7 Å². The number of rotatable bonds is 8. The zero-order chi connectivity index (χ0) is 27.5. The van der Waals surface area contributed by atoms with E-state index in [0.29, 0.717) is 24.6 Å². The van der Waals surface area contributed by atoms with E-state index in [2.05, 4.69) is 11.8 Å². The number of nitro benzene ring substituents is 1. The second-order valence-corrected chi connectivity index (χ2v) is 10.8. The van der Waals surface area contributed by atoms with Crippen molar-refractivity contribution >= 4 is 23.2 Å². The molecular formula is C30H35N5O4. The minimum Gasteiger partial charge on any atom is -0.302 e. The van der Waals surface area contributed by atoms with Crippen LogP contribution in [0.2, 0.25) is 0 Å². The molecule has 1 unspecified atom stereocenters. The van der Waals surface area contributed by atoms with Crippen molar-refractivity contribution in [3.05, 3.63) is 87.1 Å². The Kier molecular flexibility index (Phi) is 7.88. The number of hydrogen-bond donors (Lipinski definition) is 0. The molecule has 9 nitrogen and oxygen atoms in total. The predicted octanol–water partition coefficient (Wildman–Crippen LogP) is 4.69. The summed E-state index contributed by atoms with van der Waals surface area (Å²) in [5.41, 5.74) is 3.31. The quantitative estimate of drug-likeness (QED) is 0.238. The molecule has 0 N–H and O–H groups in total. The molecule has 9 heteroatoms. The highest BCUT2D eigenvalue weighted by molar-refractivity contribution is 6.06. The Bertz CT molecular complexity index is 1340. The van der Waals surface area contributed by atoms with Gasteiger partial charge in [0.2, 0.25) is 0 Å². The molecule has 1 saturated heterocycles. The molecule has 2 aromatic carbocycles. The number of hydrogen-bond acceptors (Lipinski definition) is 6. The third-order valence-corrected chi connectivity index (χ3v) is 8.10. The predicted molar refractivity (Wildman–Crippen MR) is 149 cm³/mol. The van der Waals surface area contributed by atoms with Crippen LogP contribution in [0.25, 0.3) is 0 Å². The number of aryl methyl sites for hydroxylation is 2. The van der Waals surface area contributed by atoms with Gasteiger partial charge in [-0.2, -0.15) is 5.10 Å². The smallest absolute Gasteiger partial charge is 0.269 e. The number of piperidine rings is 1. The van der Waals surface area contributed by atoms with Gasteiger partial charge in [-0.3, -0.25) is 29.3 Å². The molecule has 0 radical (unpaired) electrons. The summed E-state index contributed by atoms with van der Waals surface area (Å²) in [7, 11) is 1.88. The Morgan fingerprint density at radius 2 is 1.72 bits per heavy atom. The standard InChI is InChI=1S/C30H35N5O4/c1-21-8-13-27-26(20-21)29(32(2)31-27)34(30(37)24-9-11-25(12-10-24)35(38)39)19-18-33-16-14-23(15-17-33)28(36)22-6-4-3-5-7-22/h3-7,9-12,21,23H,8,13-20H2,1-2H3. The van der Waals surface area contributed by atoms with E-state index in [1.807, 2.05) is 42.1 Å². The van der Waals surface area contributed by atoms with Crippen LogP contribution in [0.3, 0.4) is 0 Å². The fraction of sp³-hybridized carbons (Fsp3) is 0.433. The van der Waals surface area contributed by atoms with Gasteiger partial charge < -0.3 is 4.90 Å². The topological polar surface area (TPSA) is 102 Å². The molecule has 1 aromatic heterocycles. The van der Waals surface area contributed by atoms with Crippen LogP contribution in [0.5, 0.6) is 0 Å². The highest BCUT2D eigenvalue weighted by Crippen LogP contribution is 2.33. The zero-order valence-corrected chi connectivity index (χ0v) is 22.6. The number of fused-ring (bicyclic) bond motifs is 1. The van der Waals surface area contributed by atoms with Crippen LogP contribution in [-0.4, -0.2) is 57.5 Å². The van der Waals surface area contributed by atoms with Crippen LogP contribution in [0.15, 0.2) is 54.6 Å². The van der Waals surface area contributed by atoms with E-state index >= 15 is 0 Å². The molecule has 1 atom stereocenters. The normalized spacial score (nSPS) is 17.9. The number of likely N-dealkylation sites (tertiary alicyclic amines) is 1. The maximum absolute atomic E-state index is 13.9. The molecule has 0 spiro atoms. The summed E-state index contributed by atoms with van der Waals surface area (Å²) in [5, 5.41) is 15.9. The number of carbonyl (C=O) groups excluding carboxylic acids is 2. The zero-order valence-electron chi connectivity index (χ0n) is 22.6. The lowest BCUT2D eigenvalue weighted by Crippen LogP contribution is -2.43. The number of Topliss-reactive ketones (excluding diaryl/α,β-unsaturated/α-hetero) is 1. The van der Waals surface area contributed by atoms with E-state index in [9.17, 15) is 19.7 Å². The van der Waals surface area contributed by atoms with E-state index < -0.39 is 4.92 Å². The molecule has 3 aromatic rings. The van der Waals surface area contributed by atoms with E-state index in [4.69, 9.17) is 5.10 Å². The Balaban J connectivity index is 1.33. The van der Waals surface area contributed by atoms with Crippen molar-refractivity contribution in [2.45, 2.75) is 39.0 Å². The lowest BCUT2D eigenvalue weighted by atomic mass is 9.88. The lowest BCUT2D eigenvalue weighted by molar-refractivity contribution is -0.384. The number of benzene rings is 2. The van der Waals surface area contributed by atoms with Crippen LogP contribution in [0.4, 0.5) is 11.5 Å². The maximum Gasteiger partial charge on any atom is 0.269 e. The third-order valence-electron chi connectivity index (χ3n) is 8.10. The summed E-state index contributed by atoms with van der Waals surface area (Å²) in [5.74, 6) is 1.36. The Labute approximate surface area is 228 Å². The monoisotopic (exact) mass is 529 g/mol. The van der Waals surface area contributed by atoms with Crippen LogP contribution in [0, 0.1) is 22.0 Å². The molecule has 1 amide bonds. The maximum atomic E-state index is 13.9.